The molecule has 0 radical (unpaired) electrons. The minimum Gasteiger partial charge on any atom is -0.490 e. The van der Waals surface area contributed by atoms with E-state index >= 15 is 0 Å². The summed E-state index contributed by atoms with van der Waals surface area (Å²) in [6.45, 7) is 4.86. The van der Waals surface area contributed by atoms with E-state index in [1.165, 1.54) is 21.6 Å². The van der Waals surface area contributed by atoms with Crippen molar-refractivity contribution in [2.24, 2.45) is 0 Å². The van der Waals surface area contributed by atoms with Gasteiger partial charge in [-0.2, -0.15) is 0 Å². The van der Waals surface area contributed by atoms with Crippen molar-refractivity contribution in [3.63, 3.8) is 0 Å². The van der Waals surface area contributed by atoms with Crippen LogP contribution in [0, 0.1) is 6.92 Å². The molecule has 0 aromatic heterocycles. The summed E-state index contributed by atoms with van der Waals surface area (Å²) in [6, 6.07) is 20.4. The number of esters is 1. The molecule has 0 aliphatic carbocycles. The van der Waals surface area contributed by atoms with Gasteiger partial charge in [-0.3, -0.25) is 9.59 Å². The Morgan fingerprint density at radius 3 is 2.77 bits per heavy atom. The minimum absolute atomic E-state index is 0.0685. The maximum atomic E-state index is 13.1. The molecule has 2 aliphatic heterocycles. The molecule has 6 heteroatoms. The molecule has 1 amide bonds. The van der Waals surface area contributed by atoms with Gasteiger partial charge in [0.25, 0.3) is 5.91 Å². The molecular formula is C29H29NO4S. The lowest BCUT2D eigenvalue weighted by atomic mass is 10.0. The van der Waals surface area contributed by atoms with E-state index in [4.69, 9.17) is 9.47 Å². The first-order chi connectivity index (χ1) is 17.0. The van der Waals surface area contributed by atoms with Crippen molar-refractivity contribution >= 4 is 29.3 Å². The number of hydrogen-bond donors (Lipinski definition) is 0. The lowest BCUT2D eigenvalue weighted by molar-refractivity contribution is -0.145. The average molecular weight is 488 g/mol. The van der Waals surface area contributed by atoms with E-state index in [1.807, 2.05) is 61.2 Å². The fourth-order valence-corrected chi connectivity index (χ4v) is 5.67. The lowest BCUT2D eigenvalue weighted by Gasteiger charge is -2.26. The first-order valence-corrected chi connectivity index (χ1v) is 13.1. The topological polar surface area (TPSA) is 55.8 Å². The molecule has 0 spiro atoms. The molecule has 0 saturated carbocycles. The first-order valence-electron chi connectivity index (χ1n) is 12.1. The zero-order valence-electron chi connectivity index (χ0n) is 20.1. The molecule has 0 saturated heterocycles. The summed E-state index contributed by atoms with van der Waals surface area (Å²) in [6.07, 6.45) is 1.86. The van der Waals surface area contributed by atoms with E-state index in [0.29, 0.717) is 19.6 Å². The molecule has 2 aliphatic rings. The number of hydrogen-bond acceptors (Lipinski definition) is 5. The van der Waals surface area contributed by atoms with Crippen LogP contribution in [0.4, 0.5) is 5.69 Å². The number of fused-ring (bicyclic) bond motifs is 2. The van der Waals surface area contributed by atoms with Crippen LogP contribution >= 0.6 is 11.8 Å². The monoisotopic (exact) mass is 487 g/mol. The Morgan fingerprint density at radius 2 is 1.97 bits per heavy atom. The van der Waals surface area contributed by atoms with Crippen LogP contribution in [0.2, 0.25) is 0 Å². The quantitative estimate of drug-likeness (QED) is 0.298. The fourth-order valence-electron chi connectivity index (χ4n) is 4.69. The van der Waals surface area contributed by atoms with Crippen LogP contribution in [0.15, 0.2) is 65.6 Å². The number of rotatable bonds is 7. The predicted octanol–water partition coefficient (Wildman–Crippen LogP) is 6.09. The second-order valence-corrected chi connectivity index (χ2v) is 10.1. The molecule has 35 heavy (non-hydrogen) atoms. The minimum atomic E-state index is -0.206. The van der Waals surface area contributed by atoms with E-state index in [1.54, 1.807) is 11.8 Å². The van der Waals surface area contributed by atoms with Gasteiger partial charge in [0.1, 0.15) is 11.9 Å². The normalized spacial score (nSPS) is 16.5. The van der Waals surface area contributed by atoms with Crippen molar-refractivity contribution in [2.75, 3.05) is 11.5 Å². The summed E-state index contributed by atoms with van der Waals surface area (Å²) >= 11 is 1.77. The van der Waals surface area contributed by atoms with Crippen LogP contribution < -0.4 is 9.64 Å². The molecule has 5 rings (SSSR count). The number of anilines is 1. The van der Waals surface area contributed by atoms with Crippen LogP contribution in [0.1, 0.15) is 52.4 Å². The smallest absolute Gasteiger partial charge is 0.309 e. The van der Waals surface area contributed by atoms with E-state index in [2.05, 4.69) is 18.2 Å². The molecule has 0 N–H and O–H groups in total. The van der Waals surface area contributed by atoms with E-state index in [0.717, 1.165) is 41.2 Å². The van der Waals surface area contributed by atoms with Crippen molar-refractivity contribution in [1.29, 1.82) is 0 Å². The molecule has 5 nitrogen and oxygen atoms in total. The maximum absolute atomic E-state index is 13.1. The molecule has 1 unspecified atom stereocenters. The molecular weight excluding hydrogens is 458 g/mol. The van der Waals surface area contributed by atoms with Crippen LogP contribution in [-0.4, -0.2) is 24.6 Å². The summed E-state index contributed by atoms with van der Waals surface area (Å²) < 4.78 is 11.1. The standard InChI is InChI=1S/C29H29NO4S/c1-3-33-28(31)16-23-12-9-20-15-24(13-14-27(20)34-23)35-18-21-5-4-6-25-26(21)17-30(29(25)32)22-10-7-19(2)8-11-22/h4-8,10-11,13-15,23H,3,9,12,16-18H2,1-2H3. The lowest BCUT2D eigenvalue weighted by Crippen LogP contribution is -2.26. The highest BCUT2D eigenvalue weighted by Crippen LogP contribution is 2.36. The number of carbonyl (C=O) groups excluding carboxylic acids is 2. The van der Waals surface area contributed by atoms with Crippen LogP contribution in [0.3, 0.4) is 0 Å². The van der Waals surface area contributed by atoms with E-state index < -0.39 is 0 Å². The molecule has 180 valence electrons. The second-order valence-electron chi connectivity index (χ2n) is 9.02. The highest BCUT2D eigenvalue weighted by atomic mass is 32.2. The Labute approximate surface area is 210 Å². The third-order valence-corrected chi connectivity index (χ3v) is 7.61. The van der Waals surface area contributed by atoms with Gasteiger partial charge in [0.2, 0.25) is 0 Å². The Morgan fingerprint density at radius 1 is 1.14 bits per heavy atom. The van der Waals surface area contributed by atoms with Crippen molar-refractivity contribution in [3.8, 4) is 5.75 Å². The van der Waals surface area contributed by atoms with Gasteiger partial charge in [-0.15, -0.1) is 11.8 Å². The fraction of sp³-hybridized carbons (Fsp3) is 0.310. The number of thioether (sulfide) groups is 1. The Kier molecular flexibility index (Phi) is 6.82. The number of carbonyl (C=O) groups is 2. The highest BCUT2D eigenvalue weighted by Gasteiger charge is 2.30. The van der Waals surface area contributed by atoms with Gasteiger partial charge in [-0.1, -0.05) is 29.8 Å². The van der Waals surface area contributed by atoms with Gasteiger partial charge < -0.3 is 14.4 Å². The summed E-state index contributed by atoms with van der Waals surface area (Å²) in [5, 5.41) is 0. The van der Waals surface area contributed by atoms with Gasteiger partial charge in [0.05, 0.1) is 19.6 Å². The summed E-state index contributed by atoms with van der Waals surface area (Å²) in [4.78, 5) is 27.9. The molecule has 2 heterocycles. The molecule has 1 atom stereocenters. The summed E-state index contributed by atoms with van der Waals surface area (Å²) in [7, 11) is 0. The Bertz CT molecular complexity index is 1250. The van der Waals surface area contributed by atoms with Crippen LogP contribution in [-0.2, 0) is 28.2 Å². The van der Waals surface area contributed by atoms with Crippen molar-refractivity contribution in [3.05, 3.63) is 88.5 Å². The summed E-state index contributed by atoms with van der Waals surface area (Å²) in [5.41, 5.74) is 6.41. The zero-order valence-corrected chi connectivity index (χ0v) is 20.9. The summed E-state index contributed by atoms with van der Waals surface area (Å²) in [5.74, 6) is 1.51. The Balaban J connectivity index is 1.25. The van der Waals surface area contributed by atoms with Crippen LogP contribution in [0.5, 0.6) is 5.75 Å². The highest BCUT2D eigenvalue weighted by molar-refractivity contribution is 7.98. The van der Waals surface area contributed by atoms with Gasteiger partial charge in [0.15, 0.2) is 0 Å². The third-order valence-electron chi connectivity index (χ3n) is 6.57. The number of aryl methyl sites for hydroxylation is 2. The zero-order chi connectivity index (χ0) is 24.4. The van der Waals surface area contributed by atoms with Gasteiger partial charge in [0, 0.05) is 21.9 Å². The van der Waals surface area contributed by atoms with Gasteiger partial charge in [-0.05, 0) is 79.8 Å². The largest absolute Gasteiger partial charge is 0.490 e. The van der Waals surface area contributed by atoms with E-state index in [9.17, 15) is 9.59 Å². The SMILES string of the molecule is CCOC(=O)CC1CCc2cc(SCc3cccc4c3CN(c3ccc(C)cc3)C4=O)ccc2O1. The Hall–Kier alpha value is -3.25. The van der Waals surface area contributed by atoms with Crippen molar-refractivity contribution in [1.82, 2.24) is 0 Å². The number of amides is 1. The first kappa shape index (κ1) is 23.5. The number of nitrogens with zero attached hydrogens (tertiary/aromatic N) is 1. The van der Waals surface area contributed by atoms with Crippen molar-refractivity contribution < 1.29 is 19.1 Å². The van der Waals surface area contributed by atoms with Crippen molar-refractivity contribution in [2.45, 2.75) is 56.4 Å². The number of benzene rings is 3. The maximum Gasteiger partial charge on any atom is 0.309 e. The van der Waals surface area contributed by atoms with Gasteiger partial charge in [-0.25, -0.2) is 0 Å². The van der Waals surface area contributed by atoms with Gasteiger partial charge >= 0.3 is 5.97 Å². The van der Waals surface area contributed by atoms with E-state index in [-0.39, 0.29) is 18.0 Å². The molecule has 3 aromatic rings. The average Bonchev–Trinajstić information content (AvgIpc) is 3.20. The molecule has 0 fully saturated rings. The predicted molar refractivity (Wildman–Crippen MR) is 138 cm³/mol. The second kappa shape index (κ2) is 10.2. The molecule has 3 aromatic carbocycles. The molecule has 0 bridgehead atoms. The number of ether oxygens (including phenoxy) is 2. The third kappa shape index (κ3) is 5.08. The van der Waals surface area contributed by atoms with Crippen LogP contribution in [0.25, 0.3) is 0 Å².